The SMILES string of the molecule is NCCCNC(=O)N1C[C@H](N)C[C@H](C(=O)Nc2ccc(Cl)c(F)c2)C1. The van der Waals surface area contributed by atoms with Crippen LogP contribution in [0, 0.1) is 11.7 Å². The van der Waals surface area contributed by atoms with Crippen LogP contribution in [0.25, 0.3) is 0 Å². The molecule has 3 amide bonds. The third-order valence-corrected chi connectivity index (χ3v) is 4.29. The lowest BCUT2D eigenvalue weighted by atomic mass is 9.94. The van der Waals surface area contributed by atoms with Gasteiger partial charge in [-0.1, -0.05) is 11.6 Å². The summed E-state index contributed by atoms with van der Waals surface area (Å²) in [4.78, 5) is 26.1. The van der Waals surface area contributed by atoms with E-state index in [0.29, 0.717) is 38.2 Å². The molecule has 2 atom stereocenters. The zero-order valence-electron chi connectivity index (χ0n) is 13.8. The first kappa shape index (κ1) is 19.4. The minimum Gasteiger partial charge on any atom is -0.338 e. The number of carbonyl (C=O) groups is 2. The molecular weight excluding hydrogens is 349 g/mol. The van der Waals surface area contributed by atoms with Crippen molar-refractivity contribution in [1.82, 2.24) is 10.2 Å². The number of halogens is 2. The maximum absolute atomic E-state index is 13.5. The summed E-state index contributed by atoms with van der Waals surface area (Å²) in [7, 11) is 0. The van der Waals surface area contributed by atoms with Gasteiger partial charge in [0, 0.05) is 31.4 Å². The summed E-state index contributed by atoms with van der Waals surface area (Å²) in [5.41, 5.74) is 11.7. The maximum Gasteiger partial charge on any atom is 0.317 e. The van der Waals surface area contributed by atoms with Crippen LogP contribution in [0.4, 0.5) is 14.9 Å². The zero-order valence-corrected chi connectivity index (χ0v) is 14.6. The van der Waals surface area contributed by atoms with Crippen LogP contribution in [0.5, 0.6) is 0 Å². The molecule has 1 aliphatic heterocycles. The minimum absolute atomic E-state index is 0.0157. The van der Waals surface area contributed by atoms with Gasteiger partial charge in [-0.05, 0) is 37.6 Å². The maximum atomic E-state index is 13.5. The lowest BCUT2D eigenvalue weighted by Gasteiger charge is -2.35. The van der Waals surface area contributed by atoms with E-state index in [0.717, 1.165) is 6.07 Å². The summed E-state index contributed by atoms with van der Waals surface area (Å²) >= 11 is 5.63. The van der Waals surface area contributed by atoms with Crippen LogP contribution in [-0.2, 0) is 4.79 Å². The number of rotatable bonds is 5. The Morgan fingerprint density at radius 3 is 2.80 bits per heavy atom. The minimum atomic E-state index is -0.610. The van der Waals surface area contributed by atoms with Gasteiger partial charge in [0.05, 0.1) is 10.9 Å². The molecule has 6 N–H and O–H groups in total. The van der Waals surface area contributed by atoms with E-state index in [-0.39, 0.29) is 29.5 Å². The largest absolute Gasteiger partial charge is 0.338 e. The molecule has 0 unspecified atom stereocenters. The van der Waals surface area contributed by atoms with Crippen LogP contribution in [0.15, 0.2) is 18.2 Å². The molecule has 0 bridgehead atoms. The average Bonchev–Trinajstić information content (AvgIpc) is 2.57. The molecule has 0 saturated carbocycles. The van der Waals surface area contributed by atoms with Gasteiger partial charge in [0.25, 0.3) is 0 Å². The van der Waals surface area contributed by atoms with E-state index in [4.69, 9.17) is 23.1 Å². The monoisotopic (exact) mass is 371 g/mol. The van der Waals surface area contributed by atoms with E-state index in [1.54, 1.807) is 0 Å². The van der Waals surface area contributed by atoms with Crippen LogP contribution in [-0.4, -0.2) is 49.1 Å². The normalized spacial score (nSPS) is 20.2. The summed E-state index contributed by atoms with van der Waals surface area (Å²) in [6.45, 7) is 1.60. The van der Waals surface area contributed by atoms with E-state index < -0.39 is 11.7 Å². The quantitative estimate of drug-likeness (QED) is 0.581. The van der Waals surface area contributed by atoms with Gasteiger partial charge in [-0.3, -0.25) is 4.79 Å². The van der Waals surface area contributed by atoms with Crippen molar-refractivity contribution >= 4 is 29.2 Å². The van der Waals surface area contributed by atoms with Crippen LogP contribution in [0.2, 0.25) is 5.02 Å². The van der Waals surface area contributed by atoms with Crippen LogP contribution >= 0.6 is 11.6 Å². The van der Waals surface area contributed by atoms with E-state index in [1.807, 2.05) is 0 Å². The van der Waals surface area contributed by atoms with Gasteiger partial charge in [0.2, 0.25) is 5.91 Å². The number of nitrogens with zero attached hydrogens (tertiary/aromatic N) is 1. The fourth-order valence-corrected chi connectivity index (χ4v) is 2.84. The van der Waals surface area contributed by atoms with Gasteiger partial charge in [-0.2, -0.15) is 0 Å². The average molecular weight is 372 g/mol. The topological polar surface area (TPSA) is 113 Å². The number of piperidine rings is 1. The third-order valence-electron chi connectivity index (χ3n) is 3.99. The molecular formula is C16H23ClFN5O2. The summed E-state index contributed by atoms with van der Waals surface area (Å²) < 4.78 is 13.5. The van der Waals surface area contributed by atoms with E-state index in [9.17, 15) is 14.0 Å². The van der Waals surface area contributed by atoms with Crippen molar-refractivity contribution in [2.75, 3.05) is 31.5 Å². The van der Waals surface area contributed by atoms with Gasteiger partial charge in [0.1, 0.15) is 5.82 Å². The first-order chi connectivity index (χ1) is 11.9. The highest BCUT2D eigenvalue weighted by Gasteiger charge is 2.32. The molecule has 1 fully saturated rings. The predicted octanol–water partition coefficient (Wildman–Crippen LogP) is 1.13. The Bertz CT molecular complexity index is 631. The Kier molecular flexibility index (Phi) is 6.98. The number of carbonyl (C=O) groups excluding carboxylic acids is 2. The summed E-state index contributed by atoms with van der Waals surface area (Å²) in [6.07, 6.45) is 1.13. The molecule has 0 aliphatic carbocycles. The van der Waals surface area contributed by atoms with Crippen molar-refractivity contribution in [2.24, 2.45) is 17.4 Å². The predicted molar refractivity (Wildman–Crippen MR) is 94.8 cm³/mol. The number of urea groups is 1. The van der Waals surface area contributed by atoms with Gasteiger partial charge in [-0.25, -0.2) is 9.18 Å². The van der Waals surface area contributed by atoms with Gasteiger partial charge >= 0.3 is 6.03 Å². The fourth-order valence-electron chi connectivity index (χ4n) is 2.72. The highest BCUT2D eigenvalue weighted by molar-refractivity contribution is 6.30. The molecule has 1 heterocycles. The molecule has 1 aliphatic rings. The number of hydrogen-bond acceptors (Lipinski definition) is 4. The van der Waals surface area contributed by atoms with Crippen LogP contribution < -0.4 is 22.1 Å². The Hall–Kier alpha value is -1.90. The van der Waals surface area contributed by atoms with E-state index in [1.165, 1.54) is 17.0 Å². The molecule has 2 rings (SSSR count). The summed E-state index contributed by atoms with van der Waals surface area (Å²) in [6, 6.07) is 3.48. The fraction of sp³-hybridized carbons (Fsp3) is 0.500. The molecule has 1 aromatic carbocycles. The van der Waals surface area contributed by atoms with Crippen molar-refractivity contribution in [3.05, 3.63) is 29.0 Å². The van der Waals surface area contributed by atoms with Crippen molar-refractivity contribution in [3.8, 4) is 0 Å². The van der Waals surface area contributed by atoms with Crippen molar-refractivity contribution < 1.29 is 14.0 Å². The Balaban J connectivity index is 1.96. The number of amides is 3. The highest BCUT2D eigenvalue weighted by Crippen LogP contribution is 2.21. The van der Waals surface area contributed by atoms with Crippen molar-refractivity contribution in [3.63, 3.8) is 0 Å². The molecule has 138 valence electrons. The molecule has 1 saturated heterocycles. The highest BCUT2D eigenvalue weighted by atomic mass is 35.5. The second kappa shape index (κ2) is 8.98. The van der Waals surface area contributed by atoms with Gasteiger partial charge < -0.3 is 27.0 Å². The van der Waals surface area contributed by atoms with Gasteiger partial charge in [0.15, 0.2) is 0 Å². The third kappa shape index (κ3) is 5.55. The molecule has 1 aromatic rings. The molecule has 25 heavy (non-hydrogen) atoms. The second-order valence-corrected chi connectivity index (χ2v) is 6.50. The number of benzene rings is 1. The molecule has 7 nitrogen and oxygen atoms in total. The number of nitrogens with one attached hydrogen (secondary N) is 2. The first-order valence-electron chi connectivity index (χ1n) is 8.15. The lowest BCUT2D eigenvalue weighted by molar-refractivity contribution is -0.121. The smallest absolute Gasteiger partial charge is 0.317 e. The van der Waals surface area contributed by atoms with Crippen LogP contribution in [0.3, 0.4) is 0 Å². The number of likely N-dealkylation sites (tertiary alicyclic amines) is 1. The lowest BCUT2D eigenvalue weighted by Crippen LogP contribution is -2.54. The molecule has 0 radical (unpaired) electrons. The second-order valence-electron chi connectivity index (χ2n) is 6.09. The summed E-state index contributed by atoms with van der Waals surface area (Å²) in [5.74, 6) is -1.39. The number of nitrogens with two attached hydrogens (primary N) is 2. The zero-order chi connectivity index (χ0) is 18.4. The van der Waals surface area contributed by atoms with E-state index >= 15 is 0 Å². The molecule has 0 aromatic heterocycles. The Morgan fingerprint density at radius 2 is 2.12 bits per heavy atom. The van der Waals surface area contributed by atoms with Gasteiger partial charge in [-0.15, -0.1) is 0 Å². The Labute approximate surface area is 150 Å². The van der Waals surface area contributed by atoms with Crippen molar-refractivity contribution in [1.29, 1.82) is 0 Å². The van der Waals surface area contributed by atoms with E-state index in [2.05, 4.69) is 10.6 Å². The van der Waals surface area contributed by atoms with Crippen molar-refractivity contribution in [2.45, 2.75) is 18.9 Å². The molecule has 9 heteroatoms. The standard InChI is InChI=1S/C16H23ClFN5O2/c17-13-3-2-12(7-14(13)18)22-15(24)10-6-11(20)9-23(8-10)16(25)21-5-1-4-19/h2-3,7,10-11H,1,4-6,8-9,19-20H2,(H,21,25)(H,22,24)/t10-,11+/m0/s1. The summed E-state index contributed by atoms with van der Waals surface area (Å²) in [5, 5.41) is 5.38. The number of anilines is 1. The Morgan fingerprint density at radius 1 is 1.36 bits per heavy atom. The van der Waals surface area contributed by atoms with Crippen LogP contribution in [0.1, 0.15) is 12.8 Å². The first-order valence-corrected chi connectivity index (χ1v) is 8.53. The number of hydrogen-bond donors (Lipinski definition) is 4. The molecule has 0 spiro atoms.